The van der Waals surface area contributed by atoms with Crippen LogP contribution in [0.15, 0.2) is 48.7 Å². The molecular weight excluding hydrogens is 511 g/mol. The third kappa shape index (κ3) is 5.15. The van der Waals surface area contributed by atoms with Crippen molar-refractivity contribution < 1.29 is 32.2 Å². The van der Waals surface area contributed by atoms with Crippen molar-refractivity contribution in [1.29, 1.82) is 0 Å². The van der Waals surface area contributed by atoms with Crippen molar-refractivity contribution in [2.75, 3.05) is 27.3 Å². The van der Waals surface area contributed by atoms with Crippen molar-refractivity contribution in [3.63, 3.8) is 0 Å². The molecule has 1 aliphatic carbocycles. The number of hydrogen-bond donors (Lipinski definition) is 1. The van der Waals surface area contributed by atoms with Gasteiger partial charge in [-0.25, -0.2) is 13.2 Å². The van der Waals surface area contributed by atoms with Crippen LogP contribution in [0.5, 0.6) is 11.5 Å². The van der Waals surface area contributed by atoms with Crippen molar-refractivity contribution in [3.8, 4) is 22.8 Å². The molecule has 2 heterocycles. The lowest BCUT2D eigenvalue weighted by atomic mass is 9.67. The second-order valence-corrected chi connectivity index (χ2v) is 10.1. The number of hydrogen-bond acceptors (Lipinski definition) is 5. The van der Waals surface area contributed by atoms with Gasteiger partial charge in [0.05, 0.1) is 31.0 Å². The fourth-order valence-electron chi connectivity index (χ4n) is 5.49. The molecule has 2 fully saturated rings. The van der Waals surface area contributed by atoms with E-state index in [-0.39, 0.29) is 28.7 Å². The largest absolute Gasteiger partial charge is 0.497 e. The summed E-state index contributed by atoms with van der Waals surface area (Å²) in [7, 11) is 2.75. The van der Waals surface area contributed by atoms with Crippen molar-refractivity contribution in [2.24, 2.45) is 5.41 Å². The molecule has 0 radical (unpaired) electrons. The molecule has 1 aliphatic heterocycles. The van der Waals surface area contributed by atoms with Gasteiger partial charge in [-0.05, 0) is 62.1 Å². The van der Waals surface area contributed by atoms with Gasteiger partial charge in [0.1, 0.15) is 5.75 Å². The van der Waals surface area contributed by atoms with Crippen molar-refractivity contribution in [2.45, 2.75) is 31.7 Å². The number of nitrogens with zero attached hydrogens (tertiary/aromatic N) is 2. The molecule has 204 valence electrons. The molecule has 0 atom stereocenters. The summed E-state index contributed by atoms with van der Waals surface area (Å²) < 4.78 is 52.1. The minimum absolute atomic E-state index is 0.0499. The van der Waals surface area contributed by atoms with E-state index in [1.54, 1.807) is 17.0 Å². The highest BCUT2D eigenvalue weighted by Crippen LogP contribution is 2.45. The highest BCUT2D eigenvalue weighted by Gasteiger charge is 2.47. The summed E-state index contributed by atoms with van der Waals surface area (Å²) in [6.45, 7) is 1.11. The molecule has 1 saturated heterocycles. The van der Waals surface area contributed by atoms with Gasteiger partial charge in [0.15, 0.2) is 23.2 Å². The van der Waals surface area contributed by atoms with Gasteiger partial charge in [-0.15, -0.1) is 0 Å². The Kier molecular flexibility index (Phi) is 7.20. The molecular formula is C29H28F3N3O4. The van der Waals surface area contributed by atoms with E-state index < -0.39 is 23.4 Å². The third-order valence-electron chi connectivity index (χ3n) is 7.67. The van der Waals surface area contributed by atoms with Crippen LogP contribution in [0.1, 0.15) is 46.4 Å². The molecule has 5 rings (SSSR count). The van der Waals surface area contributed by atoms with Gasteiger partial charge in [-0.2, -0.15) is 0 Å². The highest BCUT2D eigenvalue weighted by atomic mass is 19.2. The van der Waals surface area contributed by atoms with Crippen molar-refractivity contribution in [3.05, 3.63) is 77.2 Å². The van der Waals surface area contributed by atoms with E-state index in [1.165, 1.54) is 38.6 Å². The van der Waals surface area contributed by atoms with E-state index in [0.717, 1.165) is 25.0 Å². The van der Waals surface area contributed by atoms with Gasteiger partial charge >= 0.3 is 0 Å². The van der Waals surface area contributed by atoms with Crippen LogP contribution in [-0.2, 0) is 0 Å². The second kappa shape index (κ2) is 10.6. The number of carbonyl (C=O) groups is 2. The summed E-state index contributed by atoms with van der Waals surface area (Å²) in [5.74, 6) is -3.20. The van der Waals surface area contributed by atoms with Crippen LogP contribution >= 0.6 is 0 Å². The maximum Gasteiger partial charge on any atom is 0.256 e. The Morgan fingerprint density at radius 2 is 1.72 bits per heavy atom. The van der Waals surface area contributed by atoms with E-state index in [4.69, 9.17) is 9.47 Å². The number of halogens is 3. The maximum absolute atomic E-state index is 14.7. The molecule has 1 saturated carbocycles. The lowest BCUT2D eigenvalue weighted by Crippen LogP contribution is -2.60. The fourth-order valence-corrected chi connectivity index (χ4v) is 5.49. The summed E-state index contributed by atoms with van der Waals surface area (Å²) in [5, 5.41) is 2.92. The third-order valence-corrected chi connectivity index (χ3v) is 7.67. The molecule has 10 heteroatoms. The van der Waals surface area contributed by atoms with E-state index >= 15 is 0 Å². The second-order valence-electron chi connectivity index (χ2n) is 10.1. The molecule has 2 aliphatic rings. The Hall–Kier alpha value is -4.08. The Morgan fingerprint density at radius 3 is 2.38 bits per heavy atom. The van der Waals surface area contributed by atoms with Crippen molar-refractivity contribution in [1.82, 2.24) is 15.2 Å². The molecule has 0 bridgehead atoms. The summed E-state index contributed by atoms with van der Waals surface area (Å²) in [6.07, 6.45) is 4.50. The first-order valence-electron chi connectivity index (χ1n) is 12.7. The van der Waals surface area contributed by atoms with Crippen LogP contribution in [0.2, 0.25) is 0 Å². The molecule has 3 aromatic rings. The number of aromatic nitrogens is 1. The number of ether oxygens (including phenoxy) is 2. The van der Waals surface area contributed by atoms with E-state index in [0.29, 0.717) is 48.5 Å². The van der Waals surface area contributed by atoms with Crippen LogP contribution in [0.4, 0.5) is 13.2 Å². The first-order chi connectivity index (χ1) is 18.7. The van der Waals surface area contributed by atoms with Gasteiger partial charge in [0.25, 0.3) is 11.8 Å². The normalized spacial score (nSPS) is 16.5. The molecule has 2 aromatic carbocycles. The Morgan fingerprint density at radius 1 is 0.974 bits per heavy atom. The summed E-state index contributed by atoms with van der Waals surface area (Å²) >= 11 is 0. The van der Waals surface area contributed by atoms with Crippen LogP contribution < -0.4 is 14.8 Å². The van der Waals surface area contributed by atoms with E-state index in [9.17, 15) is 22.8 Å². The molecule has 1 N–H and O–H groups in total. The Balaban J connectivity index is 1.20. The zero-order valence-electron chi connectivity index (χ0n) is 21.6. The van der Waals surface area contributed by atoms with Crippen molar-refractivity contribution >= 4 is 11.8 Å². The molecule has 7 nitrogen and oxygen atoms in total. The quantitative estimate of drug-likeness (QED) is 0.477. The molecule has 39 heavy (non-hydrogen) atoms. The Bertz CT molecular complexity index is 1410. The number of amides is 2. The van der Waals surface area contributed by atoms with E-state index in [1.807, 2.05) is 0 Å². The van der Waals surface area contributed by atoms with Gasteiger partial charge in [-0.3, -0.25) is 14.6 Å². The fraction of sp³-hybridized carbons (Fsp3) is 0.345. The zero-order valence-corrected chi connectivity index (χ0v) is 21.6. The molecule has 2 amide bonds. The maximum atomic E-state index is 14.7. The minimum atomic E-state index is -1.00. The van der Waals surface area contributed by atoms with Crippen LogP contribution in [0.25, 0.3) is 11.3 Å². The first-order valence-corrected chi connectivity index (χ1v) is 12.7. The number of nitrogens with one attached hydrogen (secondary N) is 1. The molecule has 1 spiro atoms. The lowest BCUT2D eigenvalue weighted by molar-refractivity contribution is -0.0198. The minimum Gasteiger partial charge on any atom is -0.497 e. The standard InChI is InChI=1S/C29H28F3N3O4/c1-38-19-13-21(25(32)24(14-19)39-2)27(36)34-18-7-9-29(10-8-18)15-35(16-29)28(37)20-4-3-11-33-26(20)17-5-6-22(30)23(31)12-17/h3-6,11-14,18H,7-10,15-16H2,1-2H3,(H,34,36). The van der Waals surface area contributed by atoms with Gasteiger partial charge in [0, 0.05) is 42.4 Å². The summed E-state index contributed by atoms with van der Waals surface area (Å²) in [6, 6.07) is 9.34. The Labute approximate surface area is 223 Å². The number of rotatable bonds is 6. The van der Waals surface area contributed by atoms with E-state index in [2.05, 4.69) is 10.3 Å². The van der Waals surface area contributed by atoms with Crippen LogP contribution in [0, 0.1) is 22.9 Å². The molecule has 0 unspecified atom stereocenters. The predicted octanol–water partition coefficient (Wildman–Crippen LogP) is 5.00. The smallest absolute Gasteiger partial charge is 0.256 e. The lowest BCUT2D eigenvalue weighted by Gasteiger charge is -2.53. The summed E-state index contributed by atoms with van der Waals surface area (Å²) in [4.78, 5) is 32.1. The number of carbonyl (C=O) groups excluding carboxylic acids is 2. The average Bonchev–Trinajstić information content (AvgIpc) is 2.93. The van der Waals surface area contributed by atoms with Crippen LogP contribution in [0.3, 0.4) is 0 Å². The highest BCUT2D eigenvalue weighted by molar-refractivity contribution is 6.00. The van der Waals surface area contributed by atoms with Gasteiger partial charge in [-0.1, -0.05) is 0 Å². The average molecular weight is 540 g/mol. The monoisotopic (exact) mass is 539 g/mol. The number of pyridine rings is 1. The first kappa shape index (κ1) is 26.5. The summed E-state index contributed by atoms with van der Waals surface area (Å²) in [5.41, 5.74) is 0.769. The SMILES string of the molecule is COc1cc(OC)c(F)c(C(=O)NC2CCC3(CC2)CN(C(=O)c2cccnc2-c2ccc(F)c(F)c2)C3)c1. The van der Waals surface area contributed by atoms with Gasteiger partial charge < -0.3 is 19.7 Å². The molecule has 1 aromatic heterocycles. The zero-order chi connectivity index (χ0) is 27.7. The number of methoxy groups -OCH3 is 2. The van der Waals surface area contributed by atoms with Gasteiger partial charge in [0.2, 0.25) is 0 Å². The predicted molar refractivity (Wildman–Crippen MR) is 137 cm³/mol. The number of likely N-dealkylation sites (tertiary alicyclic amines) is 1. The number of benzene rings is 2. The topological polar surface area (TPSA) is 80.8 Å². The van der Waals surface area contributed by atoms with Crippen LogP contribution in [-0.4, -0.2) is 55.0 Å².